The molecular weight excluding hydrogens is 470 g/mol. The minimum atomic E-state index is -0.624. The lowest BCUT2D eigenvalue weighted by molar-refractivity contribution is -0.384. The zero-order valence-corrected chi connectivity index (χ0v) is 19.1. The third kappa shape index (κ3) is 6.33. The molecular formula is C22H20ClN3O6S. The lowest BCUT2D eigenvalue weighted by atomic mass is 10.1. The molecule has 0 aliphatic carbocycles. The lowest BCUT2D eigenvalue weighted by Crippen LogP contribution is -2.37. The number of carbonyl (C=O) groups is 3. The second-order valence-corrected chi connectivity index (χ2v) is 8.31. The van der Waals surface area contributed by atoms with Gasteiger partial charge in [-0.1, -0.05) is 29.8 Å². The molecule has 0 spiro atoms. The first kappa shape index (κ1) is 24.3. The third-order valence-electron chi connectivity index (χ3n) is 4.59. The van der Waals surface area contributed by atoms with Crippen LogP contribution in [0.4, 0.5) is 10.5 Å². The number of benzene rings is 2. The van der Waals surface area contributed by atoms with Crippen LogP contribution < -0.4 is 10.1 Å². The number of thioether (sulfide) groups is 1. The molecule has 0 aromatic heterocycles. The summed E-state index contributed by atoms with van der Waals surface area (Å²) in [6.07, 6.45) is 1.56. The number of carbonyl (C=O) groups excluding carboxylic acids is 3. The summed E-state index contributed by atoms with van der Waals surface area (Å²) >= 11 is 6.53. The lowest BCUT2D eigenvalue weighted by Gasteiger charge is -2.13. The van der Waals surface area contributed by atoms with E-state index in [4.69, 9.17) is 16.3 Å². The molecule has 0 unspecified atom stereocenters. The van der Waals surface area contributed by atoms with Gasteiger partial charge in [-0.2, -0.15) is 0 Å². The summed E-state index contributed by atoms with van der Waals surface area (Å²) in [5, 5.41) is 13.2. The molecule has 1 aliphatic rings. The Kier molecular flexibility index (Phi) is 8.07. The number of ether oxygens (including phenoxy) is 1. The molecule has 3 amide bonds. The van der Waals surface area contributed by atoms with E-state index in [1.165, 1.54) is 24.3 Å². The summed E-state index contributed by atoms with van der Waals surface area (Å²) in [5.74, 6) is -0.0409. The molecule has 0 radical (unpaired) electrons. The zero-order valence-electron chi connectivity index (χ0n) is 17.6. The first-order chi connectivity index (χ1) is 15.8. The Morgan fingerprint density at radius 1 is 1.24 bits per heavy atom. The zero-order chi connectivity index (χ0) is 24.0. The first-order valence-corrected chi connectivity index (χ1v) is 11.2. The topological polar surface area (TPSA) is 119 Å². The molecule has 172 valence electrons. The highest BCUT2D eigenvalue weighted by molar-refractivity contribution is 8.18. The largest absolute Gasteiger partial charge is 0.494 e. The van der Waals surface area contributed by atoms with Crippen LogP contribution in [0, 0.1) is 10.1 Å². The van der Waals surface area contributed by atoms with E-state index < -0.39 is 16.1 Å². The molecule has 1 fully saturated rings. The highest BCUT2D eigenvalue weighted by atomic mass is 35.5. The van der Waals surface area contributed by atoms with Gasteiger partial charge in [0, 0.05) is 19.2 Å². The van der Waals surface area contributed by atoms with Crippen molar-refractivity contribution in [1.29, 1.82) is 0 Å². The number of nitro groups is 1. The fourth-order valence-electron chi connectivity index (χ4n) is 3.03. The standard InChI is InChI=1S/C22H20ClN3O6S/c1-2-32-16-6-3-14(4-7-16)13-20(27)24-9-10-25-21(28)19(33-22(25)29)12-15-5-8-17(23)18(11-15)26(30)31/h3-8,11-12H,2,9-10,13H2,1H3,(H,24,27)/b19-12-. The monoisotopic (exact) mass is 489 g/mol. The molecule has 33 heavy (non-hydrogen) atoms. The van der Waals surface area contributed by atoms with Gasteiger partial charge >= 0.3 is 0 Å². The molecule has 9 nitrogen and oxygen atoms in total. The summed E-state index contributed by atoms with van der Waals surface area (Å²) in [6, 6.07) is 11.3. The maximum absolute atomic E-state index is 12.6. The van der Waals surface area contributed by atoms with Crippen molar-refractivity contribution in [2.75, 3.05) is 19.7 Å². The predicted octanol–water partition coefficient (Wildman–Crippen LogP) is 4.04. The number of nitro benzene ring substituents is 1. The van der Waals surface area contributed by atoms with Crippen LogP contribution in [-0.4, -0.2) is 46.6 Å². The van der Waals surface area contributed by atoms with Crippen molar-refractivity contribution < 1.29 is 24.0 Å². The van der Waals surface area contributed by atoms with Gasteiger partial charge < -0.3 is 10.1 Å². The summed E-state index contributed by atoms with van der Waals surface area (Å²) in [6.45, 7) is 2.56. The number of imide groups is 1. The number of halogens is 1. The van der Waals surface area contributed by atoms with Gasteiger partial charge in [-0.25, -0.2) is 0 Å². The van der Waals surface area contributed by atoms with Gasteiger partial charge in [0.1, 0.15) is 10.8 Å². The SMILES string of the molecule is CCOc1ccc(CC(=O)NCCN2C(=O)S/C(=C\c3ccc(Cl)c([N+](=O)[O-])c3)C2=O)cc1. The Bertz CT molecular complexity index is 1120. The quantitative estimate of drug-likeness (QED) is 0.320. The fourth-order valence-corrected chi connectivity index (χ4v) is 4.08. The number of rotatable bonds is 9. The molecule has 1 N–H and O–H groups in total. The van der Waals surface area contributed by atoms with Gasteiger partial charge in [-0.05, 0) is 54.1 Å². The highest BCUT2D eigenvalue weighted by Gasteiger charge is 2.34. The Morgan fingerprint density at radius 3 is 2.64 bits per heavy atom. The van der Waals surface area contributed by atoms with Crippen molar-refractivity contribution in [2.24, 2.45) is 0 Å². The van der Waals surface area contributed by atoms with Gasteiger partial charge in [-0.3, -0.25) is 29.4 Å². The van der Waals surface area contributed by atoms with Crippen molar-refractivity contribution >= 4 is 52.2 Å². The maximum Gasteiger partial charge on any atom is 0.293 e. The van der Waals surface area contributed by atoms with Crippen LogP contribution in [0.5, 0.6) is 5.75 Å². The molecule has 3 rings (SSSR count). The second-order valence-electron chi connectivity index (χ2n) is 6.91. The molecule has 0 atom stereocenters. The summed E-state index contributed by atoms with van der Waals surface area (Å²) < 4.78 is 5.36. The predicted molar refractivity (Wildman–Crippen MR) is 125 cm³/mol. The van der Waals surface area contributed by atoms with E-state index in [1.54, 1.807) is 24.3 Å². The maximum atomic E-state index is 12.6. The van der Waals surface area contributed by atoms with Crippen molar-refractivity contribution in [3.63, 3.8) is 0 Å². The first-order valence-electron chi connectivity index (χ1n) is 9.96. The van der Waals surface area contributed by atoms with Gasteiger partial charge in [0.05, 0.1) is 22.9 Å². The van der Waals surface area contributed by atoms with Crippen LogP contribution in [0.25, 0.3) is 6.08 Å². The summed E-state index contributed by atoms with van der Waals surface area (Å²) in [7, 11) is 0. The van der Waals surface area contributed by atoms with Gasteiger partial charge in [0.25, 0.3) is 16.8 Å². The van der Waals surface area contributed by atoms with Gasteiger partial charge in [0.15, 0.2) is 0 Å². The van der Waals surface area contributed by atoms with Crippen LogP contribution in [0.15, 0.2) is 47.4 Å². The van der Waals surface area contributed by atoms with Gasteiger partial charge in [0.2, 0.25) is 5.91 Å². The van der Waals surface area contributed by atoms with Crippen LogP contribution in [0.2, 0.25) is 5.02 Å². The molecule has 1 heterocycles. The number of nitrogens with zero attached hydrogens (tertiary/aromatic N) is 2. The van der Waals surface area contributed by atoms with E-state index in [0.29, 0.717) is 12.2 Å². The van der Waals surface area contributed by atoms with E-state index in [-0.39, 0.29) is 41.0 Å². The second kappa shape index (κ2) is 11.0. The molecule has 1 saturated heterocycles. The normalized spacial score (nSPS) is 14.6. The van der Waals surface area contributed by atoms with Gasteiger partial charge in [-0.15, -0.1) is 0 Å². The van der Waals surface area contributed by atoms with E-state index in [1.807, 2.05) is 6.92 Å². The molecule has 0 bridgehead atoms. The molecule has 11 heteroatoms. The Labute approximate surface area is 198 Å². The van der Waals surface area contributed by atoms with Crippen LogP contribution >= 0.6 is 23.4 Å². The summed E-state index contributed by atoms with van der Waals surface area (Å²) in [4.78, 5) is 48.6. The van der Waals surface area contributed by atoms with E-state index in [9.17, 15) is 24.5 Å². The minimum Gasteiger partial charge on any atom is -0.494 e. The Morgan fingerprint density at radius 2 is 1.97 bits per heavy atom. The average molecular weight is 490 g/mol. The van der Waals surface area contributed by atoms with E-state index >= 15 is 0 Å². The highest BCUT2D eigenvalue weighted by Crippen LogP contribution is 2.33. The number of amides is 3. The smallest absolute Gasteiger partial charge is 0.293 e. The Balaban J connectivity index is 1.55. The van der Waals surface area contributed by atoms with Crippen molar-refractivity contribution in [2.45, 2.75) is 13.3 Å². The van der Waals surface area contributed by atoms with Crippen LogP contribution in [0.1, 0.15) is 18.1 Å². The van der Waals surface area contributed by atoms with E-state index in [0.717, 1.165) is 28.0 Å². The third-order valence-corrected chi connectivity index (χ3v) is 5.82. The van der Waals surface area contributed by atoms with Crippen LogP contribution in [0.3, 0.4) is 0 Å². The average Bonchev–Trinajstić information content (AvgIpc) is 3.03. The molecule has 0 saturated carbocycles. The molecule has 1 aliphatic heterocycles. The number of hydrogen-bond acceptors (Lipinski definition) is 7. The molecule has 2 aromatic rings. The minimum absolute atomic E-state index is 0.0117. The van der Waals surface area contributed by atoms with E-state index in [2.05, 4.69) is 5.32 Å². The molecule has 2 aromatic carbocycles. The number of nitrogens with one attached hydrogen (secondary N) is 1. The Hall–Kier alpha value is -3.37. The van der Waals surface area contributed by atoms with Crippen molar-refractivity contribution in [3.8, 4) is 5.75 Å². The summed E-state index contributed by atoms with van der Waals surface area (Å²) in [5.41, 5.74) is 0.891. The van der Waals surface area contributed by atoms with Crippen molar-refractivity contribution in [1.82, 2.24) is 10.2 Å². The fraction of sp³-hybridized carbons (Fsp3) is 0.227. The van der Waals surface area contributed by atoms with Crippen LogP contribution in [-0.2, 0) is 16.0 Å². The van der Waals surface area contributed by atoms with Crippen molar-refractivity contribution in [3.05, 3.63) is 73.6 Å². The number of hydrogen-bond donors (Lipinski definition) is 1.